The lowest BCUT2D eigenvalue weighted by molar-refractivity contribution is -0.119. The smallest absolute Gasteiger partial charge is 0.231 e. The second-order valence-electron chi connectivity index (χ2n) is 3.79. The lowest BCUT2D eigenvalue weighted by Gasteiger charge is -2.18. The van der Waals surface area contributed by atoms with E-state index in [4.69, 9.17) is 11.5 Å². The molecule has 0 saturated heterocycles. The second kappa shape index (κ2) is 6.25. The van der Waals surface area contributed by atoms with Crippen molar-refractivity contribution >= 4 is 5.91 Å². The van der Waals surface area contributed by atoms with Crippen molar-refractivity contribution in [2.24, 2.45) is 11.5 Å². The van der Waals surface area contributed by atoms with Crippen LogP contribution in [0.2, 0.25) is 0 Å². The van der Waals surface area contributed by atoms with Gasteiger partial charge in [-0.3, -0.25) is 9.69 Å². The highest BCUT2D eigenvalue weighted by Crippen LogP contribution is 2.07. The van der Waals surface area contributed by atoms with E-state index in [1.807, 2.05) is 30.0 Å². The Morgan fingerprint density at radius 1 is 1.38 bits per heavy atom. The summed E-state index contributed by atoms with van der Waals surface area (Å²) in [4.78, 5) is 12.8. The summed E-state index contributed by atoms with van der Waals surface area (Å²) in [5, 5.41) is 0. The van der Waals surface area contributed by atoms with Crippen LogP contribution in [0.5, 0.6) is 0 Å². The molecule has 0 radical (unpaired) electrons. The van der Waals surface area contributed by atoms with Gasteiger partial charge in [0.1, 0.15) is 0 Å². The monoisotopic (exact) mass is 221 g/mol. The Hall–Kier alpha value is -1.39. The number of primary amides is 1. The van der Waals surface area contributed by atoms with Crippen LogP contribution in [0.25, 0.3) is 0 Å². The summed E-state index contributed by atoms with van der Waals surface area (Å²) in [6, 6.07) is 8.07. The van der Waals surface area contributed by atoms with E-state index in [0.717, 1.165) is 24.2 Å². The maximum absolute atomic E-state index is 10.8. The average molecular weight is 221 g/mol. The van der Waals surface area contributed by atoms with Crippen LogP contribution in [0.1, 0.15) is 18.1 Å². The molecule has 0 unspecified atom stereocenters. The van der Waals surface area contributed by atoms with Gasteiger partial charge in [0.05, 0.1) is 6.54 Å². The zero-order chi connectivity index (χ0) is 12.0. The summed E-state index contributed by atoms with van der Waals surface area (Å²) in [7, 11) is 0. The van der Waals surface area contributed by atoms with Gasteiger partial charge in [-0.15, -0.1) is 0 Å². The number of amides is 1. The minimum Gasteiger partial charge on any atom is -0.369 e. The minimum absolute atomic E-state index is 0.295. The van der Waals surface area contributed by atoms with Gasteiger partial charge in [-0.2, -0.15) is 0 Å². The first-order valence-corrected chi connectivity index (χ1v) is 5.44. The Morgan fingerprint density at radius 2 is 2.06 bits per heavy atom. The molecule has 0 fully saturated rings. The van der Waals surface area contributed by atoms with Crippen LogP contribution in [0, 0.1) is 0 Å². The molecule has 16 heavy (non-hydrogen) atoms. The number of rotatable bonds is 6. The van der Waals surface area contributed by atoms with Crippen LogP contribution in [-0.2, 0) is 17.9 Å². The number of benzene rings is 1. The second-order valence-corrected chi connectivity index (χ2v) is 3.79. The van der Waals surface area contributed by atoms with Gasteiger partial charge in [-0.1, -0.05) is 31.2 Å². The predicted molar refractivity (Wildman–Crippen MR) is 64.5 cm³/mol. The average Bonchev–Trinajstić information content (AvgIpc) is 2.28. The maximum Gasteiger partial charge on any atom is 0.231 e. The van der Waals surface area contributed by atoms with Crippen LogP contribution in [-0.4, -0.2) is 23.9 Å². The lowest BCUT2D eigenvalue weighted by Crippen LogP contribution is -2.33. The van der Waals surface area contributed by atoms with E-state index in [1.54, 1.807) is 0 Å². The summed E-state index contributed by atoms with van der Waals surface area (Å²) >= 11 is 0. The van der Waals surface area contributed by atoms with E-state index in [9.17, 15) is 4.79 Å². The molecule has 4 heteroatoms. The Balaban J connectivity index is 2.65. The first-order chi connectivity index (χ1) is 7.65. The Kier molecular flexibility index (Phi) is 4.95. The molecule has 0 aliphatic rings. The van der Waals surface area contributed by atoms with E-state index >= 15 is 0 Å². The third-order valence-corrected chi connectivity index (χ3v) is 2.46. The highest BCUT2D eigenvalue weighted by atomic mass is 16.1. The molecule has 88 valence electrons. The highest BCUT2D eigenvalue weighted by Gasteiger charge is 2.06. The SMILES string of the molecule is CCN(CC(N)=O)Cc1cccc(CN)c1. The zero-order valence-corrected chi connectivity index (χ0v) is 9.65. The van der Waals surface area contributed by atoms with Gasteiger partial charge in [0.25, 0.3) is 0 Å². The summed E-state index contributed by atoms with van der Waals surface area (Å²) < 4.78 is 0. The molecule has 0 aliphatic heterocycles. The van der Waals surface area contributed by atoms with Crippen LogP contribution < -0.4 is 11.5 Å². The predicted octanol–water partition coefficient (Wildman–Crippen LogP) is 0.453. The Bertz CT molecular complexity index is 352. The normalized spacial score (nSPS) is 10.7. The Labute approximate surface area is 96.2 Å². The number of hydrogen-bond acceptors (Lipinski definition) is 3. The third kappa shape index (κ3) is 4.00. The summed E-state index contributed by atoms with van der Waals surface area (Å²) in [6.45, 7) is 4.37. The van der Waals surface area contributed by atoms with E-state index in [2.05, 4.69) is 6.07 Å². The highest BCUT2D eigenvalue weighted by molar-refractivity contribution is 5.75. The molecule has 1 rings (SSSR count). The molecule has 0 saturated carbocycles. The molecular weight excluding hydrogens is 202 g/mol. The van der Waals surface area contributed by atoms with Gasteiger partial charge in [0, 0.05) is 13.1 Å². The first-order valence-electron chi connectivity index (χ1n) is 5.44. The zero-order valence-electron chi connectivity index (χ0n) is 9.65. The van der Waals surface area contributed by atoms with E-state index in [-0.39, 0.29) is 5.91 Å². The number of carbonyl (C=O) groups excluding carboxylic acids is 1. The van der Waals surface area contributed by atoms with E-state index in [1.165, 1.54) is 0 Å². The van der Waals surface area contributed by atoms with Gasteiger partial charge in [-0.05, 0) is 17.7 Å². The molecule has 0 bridgehead atoms. The molecule has 1 aromatic carbocycles. The molecule has 4 nitrogen and oxygen atoms in total. The lowest BCUT2D eigenvalue weighted by atomic mass is 10.1. The van der Waals surface area contributed by atoms with Gasteiger partial charge < -0.3 is 11.5 Å². The van der Waals surface area contributed by atoms with Crippen molar-refractivity contribution in [1.82, 2.24) is 4.90 Å². The maximum atomic E-state index is 10.8. The van der Waals surface area contributed by atoms with Crippen LogP contribution in [0.4, 0.5) is 0 Å². The number of nitrogens with zero attached hydrogens (tertiary/aromatic N) is 1. The number of carbonyl (C=O) groups is 1. The largest absolute Gasteiger partial charge is 0.369 e. The summed E-state index contributed by atoms with van der Waals surface area (Å²) in [5.41, 5.74) is 13.0. The van der Waals surface area contributed by atoms with Crippen molar-refractivity contribution in [2.75, 3.05) is 13.1 Å². The molecule has 0 atom stereocenters. The molecule has 1 amide bonds. The topological polar surface area (TPSA) is 72.3 Å². The fourth-order valence-corrected chi connectivity index (χ4v) is 1.61. The fourth-order valence-electron chi connectivity index (χ4n) is 1.61. The molecule has 0 aliphatic carbocycles. The number of nitrogens with two attached hydrogens (primary N) is 2. The van der Waals surface area contributed by atoms with Gasteiger partial charge in [0.2, 0.25) is 5.91 Å². The molecule has 4 N–H and O–H groups in total. The van der Waals surface area contributed by atoms with Crippen LogP contribution in [0.3, 0.4) is 0 Å². The van der Waals surface area contributed by atoms with Crippen molar-refractivity contribution in [3.8, 4) is 0 Å². The Morgan fingerprint density at radius 3 is 2.62 bits per heavy atom. The van der Waals surface area contributed by atoms with E-state index < -0.39 is 0 Å². The van der Waals surface area contributed by atoms with Crippen molar-refractivity contribution in [3.63, 3.8) is 0 Å². The third-order valence-electron chi connectivity index (χ3n) is 2.46. The molecule has 0 heterocycles. The van der Waals surface area contributed by atoms with Crippen LogP contribution >= 0.6 is 0 Å². The summed E-state index contributed by atoms with van der Waals surface area (Å²) in [5.74, 6) is -0.295. The van der Waals surface area contributed by atoms with Crippen molar-refractivity contribution in [3.05, 3.63) is 35.4 Å². The molecule has 0 spiro atoms. The van der Waals surface area contributed by atoms with Crippen molar-refractivity contribution in [2.45, 2.75) is 20.0 Å². The van der Waals surface area contributed by atoms with Gasteiger partial charge in [0.15, 0.2) is 0 Å². The van der Waals surface area contributed by atoms with Crippen molar-refractivity contribution in [1.29, 1.82) is 0 Å². The minimum atomic E-state index is -0.295. The number of hydrogen-bond donors (Lipinski definition) is 2. The van der Waals surface area contributed by atoms with Gasteiger partial charge >= 0.3 is 0 Å². The number of likely N-dealkylation sites (N-methyl/N-ethyl adjacent to an activating group) is 1. The quantitative estimate of drug-likeness (QED) is 0.732. The molecular formula is C12H19N3O. The summed E-state index contributed by atoms with van der Waals surface area (Å²) in [6.07, 6.45) is 0. The van der Waals surface area contributed by atoms with Gasteiger partial charge in [-0.25, -0.2) is 0 Å². The van der Waals surface area contributed by atoms with Crippen LogP contribution in [0.15, 0.2) is 24.3 Å². The van der Waals surface area contributed by atoms with Crippen molar-refractivity contribution < 1.29 is 4.79 Å². The first kappa shape index (κ1) is 12.7. The standard InChI is InChI=1S/C12H19N3O/c1-2-15(9-12(14)16)8-11-5-3-4-10(6-11)7-13/h3-6H,2,7-9,13H2,1H3,(H2,14,16). The van der Waals surface area contributed by atoms with E-state index in [0.29, 0.717) is 13.1 Å². The molecule has 0 aromatic heterocycles. The fraction of sp³-hybridized carbons (Fsp3) is 0.417. The molecule has 1 aromatic rings.